The summed E-state index contributed by atoms with van der Waals surface area (Å²) < 4.78 is 55.1. The van der Waals surface area contributed by atoms with Gasteiger partial charge in [-0.2, -0.15) is 0 Å². The third-order valence-corrected chi connectivity index (χ3v) is 6.50. The zero-order chi connectivity index (χ0) is 16.6. The van der Waals surface area contributed by atoms with E-state index >= 15 is 0 Å². The lowest BCUT2D eigenvalue weighted by atomic mass is 9.69. The summed E-state index contributed by atoms with van der Waals surface area (Å²) in [5.74, 6) is 1.17. The summed E-state index contributed by atoms with van der Waals surface area (Å²) in [5, 5.41) is 0. The van der Waals surface area contributed by atoms with E-state index in [1.54, 1.807) is 0 Å². The van der Waals surface area contributed by atoms with Crippen LogP contribution in [0.3, 0.4) is 0 Å². The molecule has 23 heavy (non-hydrogen) atoms. The molecule has 2 saturated carbocycles. The molecule has 0 bridgehead atoms. The lowest BCUT2D eigenvalue weighted by Gasteiger charge is -2.38. The Morgan fingerprint density at radius 2 is 1.43 bits per heavy atom. The number of hydrogen-bond acceptors (Lipinski definition) is 0. The highest BCUT2D eigenvalue weighted by Crippen LogP contribution is 2.46. The molecule has 3 aliphatic rings. The van der Waals surface area contributed by atoms with Gasteiger partial charge in [-0.1, -0.05) is 19.8 Å². The number of halogens is 4. The Morgan fingerprint density at radius 3 is 2.00 bits per heavy atom. The summed E-state index contributed by atoms with van der Waals surface area (Å²) in [5.41, 5.74) is 0.586. The van der Waals surface area contributed by atoms with Crippen molar-refractivity contribution in [2.24, 2.45) is 23.7 Å². The minimum atomic E-state index is -2.03. The second kappa shape index (κ2) is 7.14. The fourth-order valence-corrected chi connectivity index (χ4v) is 4.94. The molecular weight excluding hydrogens is 304 g/mol. The Kier molecular flexibility index (Phi) is 5.37. The molecule has 3 unspecified atom stereocenters. The van der Waals surface area contributed by atoms with Crippen LogP contribution in [0.4, 0.5) is 17.6 Å². The van der Waals surface area contributed by atoms with Crippen molar-refractivity contribution in [3.05, 3.63) is 11.4 Å². The molecule has 0 N–H and O–H groups in total. The first-order chi connectivity index (χ1) is 11.0. The summed E-state index contributed by atoms with van der Waals surface area (Å²) in [4.78, 5) is 0. The minimum absolute atomic E-state index is 0.0596. The molecular formula is C19H28F4. The number of alkyl halides is 3. The van der Waals surface area contributed by atoms with E-state index in [2.05, 4.69) is 6.92 Å². The molecule has 0 aromatic heterocycles. The van der Waals surface area contributed by atoms with Crippen molar-refractivity contribution in [1.29, 1.82) is 0 Å². The molecule has 0 aliphatic heterocycles. The van der Waals surface area contributed by atoms with Gasteiger partial charge in [-0.05, 0) is 67.8 Å². The average molecular weight is 332 g/mol. The van der Waals surface area contributed by atoms with E-state index in [0.717, 1.165) is 12.3 Å². The summed E-state index contributed by atoms with van der Waals surface area (Å²) in [6, 6.07) is 0. The Labute approximate surface area is 136 Å². The maximum atomic E-state index is 14.6. The molecule has 0 amide bonds. The van der Waals surface area contributed by atoms with Crippen molar-refractivity contribution in [2.45, 2.75) is 83.2 Å². The van der Waals surface area contributed by atoms with Gasteiger partial charge in [0.1, 0.15) is 12.3 Å². The van der Waals surface area contributed by atoms with E-state index in [1.807, 2.05) is 0 Å². The maximum absolute atomic E-state index is 14.6. The minimum Gasteiger partial charge on any atom is -0.244 e. The zero-order valence-corrected chi connectivity index (χ0v) is 13.9. The predicted molar refractivity (Wildman–Crippen MR) is 84.0 cm³/mol. The molecule has 0 heterocycles. The first kappa shape index (κ1) is 17.3. The van der Waals surface area contributed by atoms with Gasteiger partial charge in [0.25, 0.3) is 0 Å². The van der Waals surface area contributed by atoms with Crippen LogP contribution in [0.1, 0.15) is 64.7 Å². The fourth-order valence-electron chi connectivity index (χ4n) is 4.94. The number of rotatable bonds is 2. The Hall–Kier alpha value is -0.540. The monoisotopic (exact) mass is 332 g/mol. The third-order valence-electron chi connectivity index (χ3n) is 6.50. The SMILES string of the molecule is CC1CCC(C2CCC(C3CC(F)C(F)C(F)C3)=C(F)C2)CC1. The van der Waals surface area contributed by atoms with Crippen molar-refractivity contribution in [3.8, 4) is 0 Å². The second-order valence-corrected chi connectivity index (χ2v) is 8.10. The molecule has 3 aliphatic carbocycles. The summed E-state index contributed by atoms with van der Waals surface area (Å²) in [6.45, 7) is 2.28. The average Bonchev–Trinajstić information content (AvgIpc) is 2.53. The lowest BCUT2D eigenvalue weighted by Crippen LogP contribution is -2.38. The smallest absolute Gasteiger partial charge is 0.162 e. The van der Waals surface area contributed by atoms with E-state index in [4.69, 9.17) is 0 Å². The summed E-state index contributed by atoms with van der Waals surface area (Å²) in [7, 11) is 0. The van der Waals surface area contributed by atoms with Crippen LogP contribution in [0.25, 0.3) is 0 Å². The highest BCUT2D eigenvalue weighted by atomic mass is 19.2. The first-order valence-corrected chi connectivity index (χ1v) is 9.25. The van der Waals surface area contributed by atoms with Gasteiger partial charge in [0.05, 0.1) is 5.83 Å². The van der Waals surface area contributed by atoms with Crippen LogP contribution in [-0.2, 0) is 0 Å². The molecule has 4 heteroatoms. The van der Waals surface area contributed by atoms with Gasteiger partial charge in [0, 0.05) is 6.42 Å². The van der Waals surface area contributed by atoms with Crippen molar-refractivity contribution in [1.82, 2.24) is 0 Å². The molecule has 3 rings (SSSR count). The van der Waals surface area contributed by atoms with E-state index in [9.17, 15) is 17.6 Å². The molecule has 3 atom stereocenters. The lowest BCUT2D eigenvalue weighted by molar-refractivity contribution is 0.0235. The van der Waals surface area contributed by atoms with E-state index < -0.39 is 24.4 Å². The Morgan fingerprint density at radius 1 is 0.826 bits per heavy atom. The van der Waals surface area contributed by atoms with Crippen molar-refractivity contribution >= 4 is 0 Å². The Balaban J connectivity index is 1.63. The van der Waals surface area contributed by atoms with Gasteiger partial charge in [0.2, 0.25) is 0 Å². The second-order valence-electron chi connectivity index (χ2n) is 8.10. The molecule has 0 radical (unpaired) electrons. The number of hydrogen-bond donors (Lipinski definition) is 0. The third kappa shape index (κ3) is 3.76. The Bertz CT molecular complexity index is 427. The standard InChI is InChI=1S/C19H28F4/c1-11-2-4-12(5-3-11)13-6-7-15(16(20)8-13)14-9-17(21)19(23)18(22)10-14/h11-14,17-19H,2-10H2,1H3. The maximum Gasteiger partial charge on any atom is 0.162 e. The van der Waals surface area contributed by atoms with Crippen LogP contribution in [0, 0.1) is 23.7 Å². The normalized spacial score (nSPS) is 46.0. The summed E-state index contributed by atoms with van der Waals surface area (Å²) in [6.07, 6.45) is 1.04. The van der Waals surface area contributed by atoms with Crippen molar-refractivity contribution < 1.29 is 17.6 Å². The zero-order valence-electron chi connectivity index (χ0n) is 13.9. The van der Waals surface area contributed by atoms with Crippen molar-refractivity contribution in [3.63, 3.8) is 0 Å². The highest BCUT2D eigenvalue weighted by Gasteiger charge is 2.42. The predicted octanol–water partition coefficient (Wildman–Crippen LogP) is 6.26. The van der Waals surface area contributed by atoms with E-state index in [-0.39, 0.29) is 18.7 Å². The topological polar surface area (TPSA) is 0 Å². The molecule has 132 valence electrons. The van der Waals surface area contributed by atoms with Gasteiger partial charge in [-0.25, -0.2) is 17.6 Å². The van der Waals surface area contributed by atoms with Crippen LogP contribution in [-0.4, -0.2) is 18.5 Å². The molecule has 2 fully saturated rings. The largest absolute Gasteiger partial charge is 0.244 e. The van der Waals surface area contributed by atoms with E-state index in [1.165, 1.54) is 25.7 Å². The van der Waals surface area contributed by atoms with E-state index in [0.29, 0.717) is 30.3 Å². The fraction of sp³-hybridized carbons (Fsp3) is 0.895. The summed E-state index contributed by atoms with van der Waals surface area (Å²) >= 11 is 0. The van der Waals surface area contributed by atoms with Gasteiger partial charge in [0.15, 0.2) is 6.17 Å². The molecule has 0 saturated heterocycles. The molecule has 0 aromatic rings. The van der Waals surface area contributed by atoms with Crippen molar-refractivity contribution in [2.75, 3.05) is 0 Å². The van der Waals surface area contributed by atoms with Crippen LogP contribution >= 0.6 is 0 Å². The van der Waals surface area contributed by atoms with Gasteiger partial charge < -0.3 is 0 Å². The van der Waals surface area contributed by atoms with Gasteiger partial charge in [-0.15, -0.1) is 0 Å². The molecule has 0 spiro atoms. The van der Waals surface area contributed by atoms with Crippen LogP contribution in [0.5, 0.6) is 0 Å². The molecule has 0 aromatic carbocycles. The first-order valence-electron chi connectivity index (χ1n) is 9.25. The van der Waals surface area contributed by atoms with Gasteiger partial charge >= 0.3 is 0 Å². The van der Waals surface area contributed by atoms with Crippen LogP contribution < -0.4 is 0 Å². The van der Waals surface area contributed by atoms with Crippen LogP contribution in [0.2, 0.25) is 0 Å². The molecule has 0 nitrogen and oxygen atoms in total. The van der Waals surface area contributed by atoms with Crippen LogP contribution in [0.15, 0.2) is 11.4 Å². The number of allylic oxidation sites excluding steroid dienone is 2. The quantitative estimate of drug-likeness (QED) is 0.523. The highest BCUT2D eigenvalue weighted by molar-refractivity contribution is 5.18. The van der Waals surface area contributed by atoms with Gasteiger partial charge in [-0.3, -0.25) is 0 Å².